The summed E-state index contributed by atoms with van der Waals surface area (Å²) in [5, 5.41) is 7.13. The van der Waals surface area contributed by atoms with Crippen LogP contribution in [-0.2, 0) is 0 Å². The Morgan fingerprint density at radius 3 is 2.10 bits per heavy atom. The summed E-state index contributed by atoms with van der Waals surface area (Å²) in [5.74, 6) is 2.44. The van der Waals surface area contributed by atoms with Gasteiger partial charge in [0.1, 0.15) is 0 Å². The first-order chi connectivity index (χ1) is 10.0. The normalized spacial score (nSPS) is 10.8. The topological polar surface area (TPSA) is 61.3 Å². The number of benzene rings is 1. The van der Waals surface area contributed by atoms with Gasteiger partial charge in [0.25, 0.3) is 0 Å². The molecule has 1 aromatic carbocycles. The maximum absolute atomic E-state index is 5.37. The second-order valence-corrected chi connectivity index (χ2v) is 5.12. The van der Waals surface area contributed by atoms with Gasteiger partial charge < -0.3 is 14.2 Å². The molecule has 21 heavy (non-hydrogen) atoms. The quantitative estimate of drug-likeness (QED) is 0.859. The number of hydrogen-bond donors (Lipinski definition) is 1. The summed E-state index contributed by atoms with van der Waals surface area (Å²) >= 11 is 5.28. The van der Waals surface area contributed by atoms with E-state index < -0.39 is 0 Å². The Morgan fingerprint density at radius 1 is 1.10 bits per heavy atom. The largest absolute Gasteiger partial charge is 0.493 e. The molecule has 2 rings (SSSR count). The van der Waals surface area contributed by atoms with E-state index in [-0.39, 0.29) is 6.04 Å². The van der Waals surface area contributed by atoms with Gasteiger partial charge in [-0.05, 0) is 38.2 Å². The third kappa shape index (κ3) is 2.73. The Hall–Kier alpha value is -2.02. The number of aromatic amines is 1. The first-order valence-electron chi connectivity index (χ1n) is 6.50. The van der Waals surface area contributed by atoms with Gasteiger partial charge in [0.2, 0.25) is 5.75 Å². The molecule has 7 heteroatoms. The smallest absolute Gasteiger partial charge is 0.203 e. The lowest BCUT2D eigenvalue weighted by atomic mass is 10.1. The zero-order valence-corrected chi connectivity index (χ0v) is 13.6. The number of nitrogens with one attached hydrogen (secondary N) is 1. The first kappa shape index (κ1) is 15.4. The summed E-state index contributed by atoms with van der Waals surface area (Å²) in [6.45, 7) is 4.10. The second-order valence-electron chi connectivity index (χ2n) is 4.73. The van der Waals surface area contributed by atoms with Crippen LogP contribution in [0.5, 0.6) is 17.2 Å². The fraction of sp³-hybridized carbons (Fsp3) is 0.429. The van der Waals surface area contributed by atoms with Gasteiger partial charge in [-0.2, -0.15) is 5.10 Å². The molecule has 0 aliphatic rings. The van der Waals surface area contributed by atoms with Gasteiger partial charge in [0.15, 0.2) is 22.1 Å². The molecular formula is C14H19N3O3S. The van der Waals surface area contributed by atoms with Crippen molar-refractivity contribution in [2.45, 2.75) is 19.9 Å². The minimum atomic E-state index is 0.186. The van der Waals surface area contributed by atoms with Crippen LogP contribution >= 0.6 is 12.2 Å². The van der Waals surface area contributed by atoms with E-state index in [9.17, 15) is 0 Å². The molecule has 114 valence electrons. The molecule has 6 nitrogen and oxygen atoms in total. The summed E-state index contributed by atoms with van der Waals surface area (Å²) < 4.78 is 18.6. The number of nitrogens with zero attached hydrogens (tertiary/aromatic N) is 2. The minimum Gasteiger partial charge on any atom is -0.493 e. The Labute approximate surface area is 128 Å². The molecule has 0 saturated heterocycles. The summed E-state index contributed by atoms with van der Waals surface area (Å²) in [6.07, 6.45) is 0. The van der Waals surface area contributed by atoms with Crippen LogP contribution < -0.4 is 14.2 Å². The lowest BCUT2D eigenvalue weighted by Crippen LogP contribution is -2.04. The summed E-state index contributed by atoms with van der Waals surface area (Å²) in [6, 6.07) is 3.89. The van der Waals surface area contributed by atoms with Gasteiger partial charge in [0, 0.05) is 11.6 Å². The van der Waals surface area contributed by atoms with Crippen molar-refractivity contribution in [3.8, 4) is 28.6 Å². The molecule has 1 N–H and O–H groups in total. The molecule has 1 aromatic heterocycles. The van der Waals surface area contributed by atoms with Crippen molar-refractivity contribution < 1.29 is 14.2 Å². The van der Waals surface area contributed by atoms with E-state index in [0.29, 0.717) is 22.0 Å². The standard InChI is InChI=1S/C14H19N3O3S/c1-8(2)17-13(15-16-14(17)21)9-6-10(18-3)12(20-5)11(7-9)19-4/h6-8H,1-5H3,(H,16,21). The molecule has 0 amide bonds. The van der Waals surface area contributed by atoms with E-state index in [0.717, 1.165) is 11.4 Å². The highest BCUT2D eigenvalue weighted by molar-refractivity contribution is 7.71. The van der Waals surface area contributed by atoms with Crippen molar-refractivity contribution in [2.75, 3.05) is 21.3 Å². The van der Waals surface area contributed by atoms with E-state index >= 15 is 0 Å². The van der Waals surface area contributed by atoms with Gasteiger partial charge in [-0.3, -0.25) is 9.67 Å². The zero-order valence-electron chi connectivity index (χ0n) is 12.8. The van der Waals surface area contributed by atoms with E-state index in [1.807, 2.05) is 30.5 Å². The van der Waals surface area contributed by atoms with Gasteiger partial charge in [-0.15, -0.1) is 0 Å². The number of ether oxygens (including phenoxy) is 3. The molecular weight excluding hydrogens is 290 g/mol. The highest BCUT2D eigenvalue weighted by atomic mass is 32.1. The van der Waals surface area contributed by atoms with Crippen LogP contribution in [0.1, 0.15) is 19.9 Å². The predicted octanol–water partition coefficient (Wildman–Crippen LogP) is 3.21. The SMILES string of the molecule is COc1cc(-c2n[nH]c(=S)n2C(C)C)cc(OC)c1OC. The second kappa shape index (κ2) is 6.17. The van der Waals surface area contributed by atoms with Crippen LogP contribution in [0.25, 0.3) is 11.4 Å². The summed E-state index contributed by atoms with van der Waals surface area (Å²) in [5.41, 5.74) is 0.838. The molecule has 0 spiro atoms. The summed E-state index contributed by atoms with van der Waals surface area (Å²) in [7, 11) is 4.74. The molecule has 0 unspecified atom stereocenters. The molecule has 0 saturated carbocycles. The highest BCUT2D eigenvalue weighted by Gasteiger charge is 2.18. The van der Waals surface area contributed by atoms with Crippen molar-refractivity contribution in [1.82, 2.24) is 14.8 Å². The average Bonchev–Trinajstić information content (AvgIpc) is 2.87. The zero-order chi connectivity index (χ0) is 15.6. The monoisotopic (exact) mass is 309 g/mol. The lowest BCUT2D eigenvalue weighted by molar-refractivity contribution is 0.324. The third-order valence-corrected chi connectivity index (χ3v) is 3.43. The number of aromatic nitrogens is 3. The van der Waals surface area contributed by atoms with E-state index in [4.69, 9.17) is 26.4 Å². The van der Waals surface area contributed by atoms with Crippen molar-refractivity contribution in [1.29, 1.82) is 0 Å². The van der Waals surface area contributed by atoms with Crippen LogP contribution in [0, 0.1) is 4.77 Å². The Morgan fingerprint density at radius 2 is 1.67 bits per heavy atom. The molecule has 1 heterocycles. The van der Waals surface area contributed by atoms with Crippen molar-refractivity contribution >= 4 is 12.2 Å². The lowest BCUT2D eigenvalue weighted by Gasteiger charge is -2.15. The third-order valence-electron chi connectivity index (χ3n) is 3.14. The van der Waals surface area contributed by atoms with Crippen molar-refractivity contribution in [3.63, 3.8) is 0 Å². The van der Waals surface area contributed by atoms with E-state index in [1.54, 1.807) is 21.3 Å². The molecule has 0 bridgehead atoms. The van der Waals surface area contributed by atoms with Gasteiger partial charge in [-0.1, -0.05) is 0 Å². The molecule has 0 fully saturated rings. The van der Waals surface area contributed by atoms with Crippen LogP contribution in [0.4, 0.5) is 0 Å². The fourth-order valence-electron chi connectivity index (χ4n) is 2.20. The van der Waals surface area contributed by atoms with E-state index in [2.05, 4.69) is 10.2 Å². The fourth-order valence-corrected chi connectivity index (χ4v) is 2.54. The van der Waals surface area contributed by atoms with Gasteiger partial charge >= 0.3 is 0 Å². The maximum Gasteiger partial charge on any atom is 0.203 e. The molecule has 0 aliphatic carbocycles. The Kier molecular flexibility index (Phi) is 4.52. The number of methoxy groups -OCH3 is 3. The van der Waals surface area contributed by atoms with Crippen LogP contribution in [0.2, 0.25) is 0 Å². The Balaban J connectivity index is 2.68. The predicted molar refractivity (Wildman–Crippen MR) is 82.9 cm³/mol. The molecule has 2 aromatic rings. The maximum atomic E-state index is 5.37. The van der Waals surface area contributed by atoms with E-state index in [1.165, 1.54) is 0 Å². The van der Waals surface area contributed by atoms with Crippen molar-refractivity contribution in [3.05, 3.63) is 16.9 Å². The number of H-pyrrole nitrogens is 1. The summed E-state index contributed by atoms with van der Waals surface area (Å²) in [4.78, 5) is 0. The molecule has 0 aliphatic heterocycles. The van der Waals surface area contributed by atoms with Crippen LogP contribution in [0.15, 0.2) is 12.1 Å². The average molecular weight is 309 g/mol. The molecule has 0 radical (unpaired) electrons. The number of rotatable bonds is 5. The molecule has 0 atom stereocenters. The van der Waals surface area contributed by atoms with Crippen LogP contribution in [0.3, 0.4) is 0 Å². The van der Waals surface area contributed by atoms with Crippen LogP contribution in [-0.4, -0.2) is 36.1 Å². The van der Waals surface area contributed by atoms with Gasteiger partial charge in [-0.25, -0.2) is 0 Å². The van der Waals surface area contributed by atoms with Gasteiger partial charge in [0.05, 0.1) is 21.3 Å². The van der Waals surface area contributed by atoms with Crippen molar-refractivity contribution in [2.24, 2.45) is 0 Å². The Bertz CT molecular complexity index is 666. The minimum absolute atomic E-state index is 0.186. The highest BCUT2D eigenvalue weighted by Crippen LogP contribution is 2.41. The number of hydrogen-bond acceptors (Lipinski definition) is 5. The first-order valence-corrected chi connectivity index (χ1v) is 6.91.